The van der Waals surface area contributed by atoms with Crippen molar-refractivity contribution in [2.75, 3.05) is 45.3 Å². The van der Waals surface area contributed by atoms with Crippen molar-refractivity contribution in [3.8, 4) is 17.2 Å². The zero-order valence-corrected chi connectivity index (χ0v) is 20.3. The standard InChI is InChI=1S/C26H30N4O5/c1-19-16-25(31)30(24(27-19)18-35-23-10-8-22(34-3)9-11-23)17-26(32)29-14-12-28(13-15-29)20-4-6-21(33-2)7-5-20/h4-11,16H,12-15,17-18H2,1-3H3. The Morgan fingerprint density at radius 1 is 0.886 bits per heavy atom. The number of benzene rings is 2. The van der Waals surface area contributed by atoms with Gasteiger partial charge in [0, 0.05) is 43.6 Å². The number of methoxy groups -OCH3 is 2. The first-order chi connectivity index (χ1) is 17.0. The zero-order valence-electron chi connectivity index (χ0n) is 20.3. The lowest BCUT2D eigenvalue weighted by Gasteiger charge is -2.36. The minimum atomic E-state index is -0.268. The van der Waals surface area contributed by atoms with E-state index in [2.05, 4.69) is 9.88 Å². The van der Waals surface area contributed by atoms with Crippen LogP contribution in [0, 0.1) is 6.92 Å². The lowest BCUT2D eigenvalue weighted by molar-refractivity contribution is -0.132. The van der Waals surface area contributed by atoms with E-state index < -0.39 is 0 Å². The Balaban J connectivity index is 1.39. The third-order valence-corrected chi connectivity index (χ3v) is 6.01. The second-order valence-corrected chi connectivity index (χ2v) is 8.27. The number of aryl methyl sites for hydroxylation is 1. The van der Waals surface area contributed by atoms with Crippen LogP contribution in [-0.2, 0) is 17.9 Å². The number of aromatic nitrogens is 2. The minimum Gasteiger partial charge on any atom is -0.497 e. The molecule has 35 heavy (non-hydrogen) atoms. The van der Waals surface area contributed by atoms with Crippen LogP contribution in [0.2, 0.25) is 0 Å². The smallest absolute Gasteiger partial charge is 0.254 e. The zero-order chi connectivity index (χ0) is 24.8. The second-order valence-electron chi connectivity index (χ2n) is 8.27. The van der Waals surface area contributed by atoms with Crippen molar-refractivity contribution < 1.29 is 19.0 Å². The first-order valence-electron chi connectivity index (χ1n) is 11.5. The molecule has 1 aliphatic rings. The maximum absolute atomic E-state index is 13.1. The van der Waals surface area contributed by atoms with Gasteiger partial charge in [0.05, 0.1) is 14.2 Å². The van der Waals surface area contributed by atoms with Gasteiger partial charge in [-0.05, 0) is 55.5 Å². The SMILES string of the molecule is COc1ccc(OCc2nc(C)cc(=O)n2CC(=O)N2CCN(c3ccc(OC)cc3)CC2)cc1. The summed E-state index contributed by atoms with van der Waals surface area (Å²) in [5, 5.41) is 0. The molecule has 2 aromatic carbocycles. The molecule has 9 heteroatoms. The molecule has 2 heterocycles. The Labute approximate surface area is 204 Å². The highest BCUT2D eigenvalue weighted by atomic mass is 16.5. The summed E-state index contributed by atoms with van der Waals surface area (Å²) < 4.78 is 17.6. The van der Waals surface area contributed by atoms with E-state index in [0.29, 0.717) is 43.4 Å². The molecule has 0 N–H and O–H groups in total. The predicted octanol–water partition coefficient (Wildman–Crippen LogP) is 2.50. The average molecular weight is 479 g/mol. The van der Waals surface area contributed by atoms with Crippen LogP contribution >= 0.6 is 0 Å². The van der Waals surface area contributed by atoms with E-state index in [-0.39, 0.29) is 24.6 Å². The van der Waals surface area contributed by atoms with Gasteiger partial charge in [0.1, 0.15) is 36.2 Å². The van der Waals surface area contributed by atoms with E-state index in [1.54, 1.807) is 50.3 Å². The Kier molecular flexibility index (Phi) is 7.54. The molecule has 9 nitrogen and oxygen atoms in total. The van der Waals surface area contributed by atoms with Gasteiger partial charge in [-0.15, -0.1) is 0 Å². The fraction of sp³-hybridized carbons (Fsp3) is 0.346. The first kappa shape index (κ1) is 24.1. The normalized spacial score (nSPS) is 13.5. The number of hydrogen-bond donors (Lipinski definition) is 0. The number of rotatable bonds is 8. The lowest BCUT2D eigenvalue weighted by Crippen LogP contribution is -2.50. The third-order valence-electron chi connectivity index (χ3n) is 6.01. The summed E-state index contributed by atoms with van der Waals surface area (Å²) in [6, 6.07) is 16.5. The van der Waals surface area contributed by atoms with Gasteiger partial charge in [0.25, 0.3) is 5.56 Å². The van der Waals surface area contributed by atoms with Gasteiger partial charge in [0.2, 0.25) is 5.91 Å². The molecule has 1 amide bonds. The van der Waals surface area contributed by atoms with Gasteiger partial charge >= 0.3 is 0 Å². The third kappa shape index (κ3) is 5.92. The van der Waals surface area contributed by atoms with Crippen molar-refractivity contribution in [2.45, 2.75) is 20.1 Å². The van der Waals surface area contributed by atoms with E-state index in [9.17, 15) is 9.59 Å². The number of anilines is 1. The van der Waals surface area contributed by atoms with Crippen molar-refractivity contribution in [1.29, 1.82) is 0 Å². The fourth-order valence-electron chi connectivity index (χ4n) is 4.02. The first-order valence-corrected chi connectivity index (χ1v) is 11.5. The summed E-state index contributed by atoms with van der Waals surface area (Å²) >= 11 is 0. The van der Waals surface area contributed by atoms with E-state index in [0.717, 1.165) is 17.2 Å². The van der Waals surface area contributed by atoms with E-state index in [1.165, 1.54) is 10.6 Å². The summed E-state index contributed by atoms with van der Waals surface area (Å²) in [4.78, 5) is 34.3. The fourth-order valence-corrected chi connectivity index (χ4v) is 4.02. The minimum absolute atomic E-state index is 0.0712. The predicted molar refractivity (Wildman–Crippen MR) is 132 cm³/mol. The van der Waals surface area contributed by atoms with Crippen molar-refractivity contribution in [3.63, 3.8) is 0 Å². The molecule has 0 radical (unpaired) electrons. The Morgan fingerprint density at radius 3 is 2.06 bits per heavy atom. The number of piperazine rings is 1. The van der Waals surface area contributed by atoms with Crippen molar-refractivity contribution in [3.05, 3.63) is 76.5 Å². The highest BCUT2D eigenvalue weighted by Crippen LogP contribution is 2.21. The number of nitrogens with zero attached hydrogens (tertiary/aromatic N) is 4. The topological polar surface area (TPSA) is 86.1 Å². The van der Waals surface area contributed by atoms with Crippen LogP contribution in [0.5, 0.6) is 17.2 Å². The maximum atomic E-state index is 13.1. The van der Waals surface area contributed by atoms with Crippen molar-refractivity contribution in [2.24, 2.45) is 0 Å². The highest BCUT2D eigenvalue weighted by molar-refractivity contribution is 5.76. The monoisotopic (exact) mass is 478 g/mol. The molecular weight excluding hydrogens is 448 g/mol. The second kappa shape index (κ2) is 10.9. The molecule has 1 aliphatic heterocycles. The van der Waals surface area contributed by atoms with Crippen molar-refractivity contribution >= 4 is 11.6 Å². The molecule has 0 unspecified atom stereocenters. The Hall–Kier alpha value is -4.01. The van der Waals surface area contributed by atoms with Crippen LogP contribution in [0.4, 0.5) is 5.69 Å². The van der Waals surface area contributed by atoms with E-state index in [4.69, 9.17) is 14.2 Å². The molecule has 1 fully saturated rings. The summed E-state index contributed by atoms with van der Waals surface area (Å²) in [5.41, 5.74) is 1.41. The van der Waals surface area contributed by atoms with Gasteiger partial charge in [-0.25, -0.2) is 4.98 Å². The van der Waals surface area contributed by atoms with Gasteiger partial charge < -0.3 is 24.0 Å². The molecule has 0 bridgehead atoms. The molecule has 1 saturated heterocycles. The highest BCUT2D eigenvalue weighted by Gasteiger charge is 2.23. The van der Waals surface area contributed by atoms with E-state index in [1.807, 2.05) is 24.3 Å². The molecule has 3 aromatic rings. The molecule has 0 saturated carbocycles. The molecule has 1 aromatic heterocycles. The molecule has 184 valence electrons. The van der Waals surface area contributed by atoms with Crippen molar-refractivity contribution in [1.82, 2.24) is 14.5 Å². The number of carbonyl (C=O) groups excluding carboxylic acids is 1. The van der Waals surface area contributed by atoms with Crippen LogP contribution in [0.25, 0.3) is 0 Å². The van der Waals surface area contributed by atoms with Crippen LogP contribution in [0.15, 0.2) is 59.4 Å². The molecule has 0 spiro atoms. The summed E-state index contributed by atoms with van der Waals surface area (Å²) in [7, 11) is 3.24. The van der Waals surface area contributed by atoms with Gasteiger partial charge in [-0.3, -0.25) is 14.2 Å². The quantitative estimate of drug-likeness (QED) is 0.492. The van der Waals surface area contributed by atoms with Crippen LogP contribution in [-0.4, -0.2) is 60.8 Å². The molecular formula is C26H30N4O5. The van der Waals surface area contributed by atoms with Gasteiger partial charge in [-0.1, -0.05) is 0 Å². The summed E-state index contributed by atoms with van der Waals surface area (Å²) in [6.45, 7) is 4.34. The number of amides is 1. The number of hydrogen-bond acceptors (Lipinski definition) is 7. The number of carbonyl (C=O) groups is 1. The Bertz CT molecular complexity index is 1200. The summed E-state index contributed by atoms with van der Waals surface area (Å²) in [5.74, 6) is 2.45. The van der Waals surface area contributed by atoms with Gasteiger partial charge in [0.15, 0.2) is 0 Å². The summed E-state index contributed by atoms with van der Waals surface area (Å²) in [6.07, 6.45) is 0. The number of ether oxygens (including phenoxy) is 3. The van der Waals surface area contributed by atoms with Gasteiger partial charge in [-0.2, -0.15) is 0 Å². The Morgan fingerprint density at radius 2 is 1.46 bits per heavy atom. The largest absolute Gasteiger partial charge is 0.497 e. The van der Waals surface area contributed by atoms with Crippen LogP contribution in [0.3, 0.4) is 0 Å². The maximum Gasteiger partial charge on any atom is 0.254 e. The van der Waals surface area contributed by atoms with E-state index >= 15 is 0 Å². The lowest BCUT2D eigenvalue weighted by atomic mass is 10.2. The average Bonchev–Trinajstić information content (AvgIpc) is 2.89. The molecule has 4 rings (SSSR count). The van der Waals surface area contributed by atoms with Crippen LogP contribution < -0.4 is 24.7 Å². The molecule has 0 aliphatic carbocycles. The van der Waals surface area contributed by atoms with Crippen LogP contribution in [0.1, 0.15) is 11.5 Å². The molecule has 0 atom stereocenters.